The summed E-state index contributed by atoms with van der Waals surface area (Å²) in [4.78, 5) is 45.3. The van der Waals surface area contributed by atoms with Crippen LogP contribution in [0, 0.1) is 0 Å². The Morgan fingerprint density at radius 3 is 1.14 bits per heavy atom. The number of rotatable bonds is 10. The second-order valence-corrected chi connectivity index (χ2v) is 12.1. The summed E-state index contributed by atoms with van der Waals surface area (Å²) in [5, 5.41) is 0. The summed E-state index contributed by atoms with van der Waals surface area (Å²) in [6.07, 6.45) is 0. The Morgan fingerprint density at radius 2 is 0.811 bits per heavy atom. The van der Waals surface area contributed by atoms with Gasteiger partial charge >= 0.3 is 15.2 Å². The molecular formula is C27H22O8P2. The highest BCUT2D eigenvalue weighted by atomic mass is 31.2. The van der Waals surface area contributed by atoms with Gasteiger partial charge in [0.05, 0.1) is 0 Å². The van der Waals surface area contributed by atoms with Gasteiger partial charge in [-0.15, -0.1) is 0 Å². The van der Waals surface area contributed by atoms with E-state index in [1.165, 1.54) is 48.5 Å². The summed E-state index contributed by atoms with van der Waals surface area (Å²) in [5.74, 6) is -1.75. The zero-order valence-electron chi connectivity index (χ0n) is 19.3. The second-order valence-electron chi connectivity index (χ2n) is 8.04. The third-order valence-corrected chi connectivity index (χ3v) is 9.01. The molecule has 4 rings (SSSR count). The molecule has 0 aliphatic carbocycles. The van der Waals surface area contributed by atoms with E-state index >= 15 is 0 Å². The average Bonchev–Trinajstić information content (AvgIpc) is 2.88. The van der Waals surface area contributed by atoms with Crippen molar-refractivity contribution >= 4 is 26.8 Å². The Morgan fingerprint density at radius 1 is 0.514 bits per heavy atom. The van der Waals surface area contributed by atoms with E-state index in [0.717, 1.165) is 0 Å². The van der Waals surface area contributed by atoms with E-state index in [1.54, 1.807) is 60.7 Å². The first-order valence-corrected chi connectivity index (χ1v) is 14.6. The lowest BCUT2D eigenvalue weighted by atomic mass is 10.0. The first-order chi connectivity index (χ1) is 17.6. The first-order valence-electron chi connectivity index (χ1n) is 11.0. The van der Waals surface area contributed by atoms with Crippen LogP contribution in [0.4, 0.5) is 0 Å². The summed E-state index contributed by atoms with van der Waals surface area (Å²) in [6.45, 7) is 0. The van der Waals surface area contributed by atoms with E-state index in [0.29, 0.717) is 22.3 Å². The topological polar surface area (TPSA) is 127 Å². The summed E-state index contributed by atoms with van der Waals surface area (Å²) < 4.78 is 35.2. The maximum absolute atomic E-state index is 12.5. The molecule has 0 spiro atoms. The molecule has 4 aromatic carbocycles. The monoisotopic (exact) mass is 536 g/mol. The lowest BCUT2D eigenvalue weighted by molar-refractivity contribution is 0.103. The Balaban J connectivity index is 1.37. The van der Waals surface area contributed by atoms with Gasteiger partial charge in [0.2, 0.25) is 0 Å². The Kier molecular flexibility index (Phi) is 7.86. The smallest absolute Gasteiger partial charge is 0.389 e. The van der Waals surface area contributed by atoms with Gasteiger partial charge in [-0.3, -0.25) is 9.59 Å². The molecule has 0 saturated carbocycles. The van der Waals surface area contributed by atoms with Crippen LogP contribution in [0.25, 0.3) is 0 Å². The standard InChI is InChI=1S/C27H22O8P2/c28-26(20-7-3-1-4-8-20)22-11-15-24(16-12-22)34-36(30,31)19-37(32,33)35-25-17-13-23(14-18-25)27(29)21-9-5-2-6-10-21/h1-18H,19H2,(H,30,31)(H,32,33). The van der Waals surface area contributed by atoms with Crippen LogP contribution < -0.4 is 9.05 Å². The largest absolute Gasteiger partial charge is 0.424 e. The molecule has 0 fully saturated rings. The minimum absolute atomic E-state index is 0.0563. The Labute approximate surface area is 213 Å². The van der Waals surface area contributed by atoms with Crippen LogP contribution in [0.3, 0.4) is 0 Å². The number of carbonyl (C=O) groups is 2. The van der Waals surface area contributed by atoms with Crippen LogP contribution in [0.15, 0.2) is 109 Å². The van der Waals surface area contributed by atoms with Gasteiger partial charge < -0.3 is 18.8 Å². The van der Waals surface area contributed by atoms with Gasteiger partial charge in [-0.1, -0.05) is 60.7 Å². The predicted molar refractivity (Wildman–Crippen MR) is 138 cm³/mol. The van der Waals surface area contributed by atoms with Crippen LogP contribution >= 0.6 is 15.2 Å². The van der Waals surface area contributed by atoms with Gasteiger partial charge in [-0.25, -0.2) is 9.13 Å². The van der Waals surface area contributed by atoms with Crippen molar-refractivity contribution < 1.29 is 37.6 Å². The molecule has 0 amide bonds. The zero-order chi connectivity index (χ0) is 26.5. The lowest BCUT2D eigenvalue weighted by Gasteiger charge is -2.18. The fourth-order valence-corrected chi connectivity index (χ4v) is 6.63. The van der Waals surface area contributed by atoms with Crippen molar-refractivity contribution in [1.82, 2.24) is 0 Å². The molecule has 2 unspecified atom stereocenters. The van der Waals surface area contributed by atoms with E-state index in [9.17, 15) is 28.5 Å². The molecule has 8 nitrogen and oxygen atoms in total. The molecule has 0 bridgehead atoms. The zero-order valence-corrected chi connectivity index (χ0v) is 21.1. The Bertz CT molecular complexity index is 1370. The fourth-order valence-electron chi connectivity index (χ4n) is 3.46. The molecule has 0 heterocycles. The highest BCUT2D eigenvalue weighted by molar-refractivity contribution is 7.70. The summed E-state index contributed by atoms with van der Waals surface area (Å²) in [6, 6.07) is 28.2. The average molecular weight is 536 g/mol. The van der Waals surface area contributed by atoms with Crippen molar-refractivity contribution in [2.75, 3.05) is 5.90 Å². The molecule has 188 valence electrons. The fraction of sp³-hybridized carbons (Fsp3) is 0.0370. The van der Waals surface area contributed by atoms with Crippen molar-refractivity contribution in [2.24, 2.45) is 0 Å². The van der Waals surface area contributed by atoms with Gasteiger partial charge in [-0.05, 0) is 48.5 Å². The molecule has 10 heteroatoms. The lowest BCUT2D eigenvalue weighted by Crippen LogP contribution is -2.04. The van der Waals surface area contributed by atoms with Crippen LogP contribution in [0.1, 0.15) is 31.8 Å². The number of hydrogen-bond acceptors (Lipinski definition) is 6. The molecule has 0 radical (unpaired) electrons. The Hall–Kier alpha value is -3.80. The number of hydrogen-bond donors (Lipinski definition) is 2. The highest BCUT2D eigenvalue weighted by Crippen LogP contribution is 2.57. The van der Waals surface area contributed by atoms with E-state index < -0.39 is 21.1 Å². The predicted octanol–water partition coefficient (Wildman–Crippen LogP) is 5.93. The van der Waals surface area contributed by atoms with Crippen molar-refractivity contribution in [3.63, 3.8) is 0 Å². The molecule has 2 atom stereocenters. The molecule has 2 N–H and O–H groups in total. The van der Waals surface area contributed by atoms with Gasteiger partial charge in [-0.2, -0.15) is 0 Å². The molecule has 0 aliphatic rings. The summed E-state index contributed by atoms with van der Waals surface area (Å²) in [7, 11) is -9.22. The van der Waals surface area contributed by atoms with Gasteiger partial charge in [0.15, 0.2) is 17.5 Å². The van der Waals surface area contributed by atoms with Crippen LogP contribution in [-0.4, -0.2) is 27.3 Å². The van der Waals surface area contributed by atoms with E-state index in [1.807, 2.05) is 0 Å². The third-order valence-electron chi connectivity index (χ3n) is 5.16. The molecule has 4 aromatic rings. The number of benzene rings is 4. The van der Waals surface area contributed by atoms with Gasteiger partial charge in [0.25, 0.3) is 0 Å². The first kappa shape index (κ1) is 26.3. The molecule has 0 aliphatic heterocycles. The van der Waals surface area contributed by atoms with E-state index in [-0.39, 0.29) is 23.1 Å². The normalized spacial score (nSPS) is 14.1. The van der Waals surface area contributed by atoms with E-state index in [2.05, 4.69) is 0 Å². The van der Waals surface area contributed by atoms with Crippen LogP contribution in [0.2, 0.25) is 0 Å². The number of ketones is 2. The molecular weight excluding hydrogens is 514 g/mol. The number of carbonyl (C=O) groups excluding carboxylic acids is 2. The summed E-state index contributed by atoms with van der Waals surface area (Å²) in [5.41, 5.74) is 1.66. The quantitative estimate of drug-likeness (QED) is 0.189. The van der Waals surface area contributed by atoms with Crippen molar-refractivity contribution in [2.45, 2.75) is 0 Å². The summed E-state index contributed by atoms with van der Waals surface area (Å²) >= 11 is 0. The van der Waals surface area contributed by atoms with Gasteiger partial charge in [0.1, 0.15) is 11.5 Å². The van der Waals surface area contributed by atoms with Crippen molar-refractivity contribution in [1.29, 1.82) is 0 Å². The van der Waals surface area contributed by atoms with Crippen molar-refractivity contribution in [3.05, 3.63) is 131 Å². The van der Waals surface area contributed by atoms with E-state index in [4.69, 9.17) is 9.05 Å². The molecule has 0 aromatic heterocycles. The minimum Gasteiger partial charge on any atom is -0.424 e. The highest BCUT2D eigenvalue weighted by Gasteiger charge is 2.36. The van der Waals surface area contributed by atoms with Gasteiger partial charge in [0, 0.05) is 22.3 Å². The van der Waals surface area contributed by atoms with Crippen LogP contribution in [-0.2, 0) is 9.13 Å². The molecule has 37 heavy (non-hydrogen) atoms. The second kappa shape index (κ2) is 11.1. The van der Waals surface area contributed by atoms with Crippen LogP contribution in [0.5, 0.6) is 11.5 Å². The maximum Gasteiger partial charge on any atom is 0.389 e. The minimum atomic E-state index is -4.61. The third kappa shape index (κ3) is 7.13. The molecule has 0 saturated heterocycles. The maximum atomic E-state index is 12.5. The van der Waals surface area contributed by atoms with Crippen molar-refractivity contribution in [3.8, 4) is 11.5 Å². The SMILES string of the molecule is O=C(c1ccccc1)c1ccc(OP(=O)(O)CP(=O)(O)Oc2ccc(C(=O)c3ccccc3)cc2)cc1.